The van der Waals surface area contributed by atoms with Crippen molar-refractivity contribution >= 4 is 33.3 Å². The first-order chi connectivity index (χ1) is 12.7. The van der Waals surface area contributed by atoms with Gasteiger partial charge in [0.2, 0.25) is 10.0 Å². The molecule has 0 radical (unpaired) electrons. The van der Waals surface area contributed by atoms with E-state index in [0.29, 0.717) is 12.8 Å². The van der Waals surface area contributed by atoms with E-state index in [9.17, 15) is 22.4 Å². The van der Waals surface area contributed by atoms with Gasteiger partial charge in [0.25, 0.3) is 5.91 Å². The van der Waals surface area contributed by atoms with E-state index in [1.807, 2.05) is 0 Å². The number of nitrogens with zero attached hydrogens (tertiary/aromatic N) is 1. The summed E-state index contributed by atoms with van der Waals surface area (Å²) in [4.78, 5) is 23.5. The third-order valence-electron chi connectivity index (χ3n) is 4.16. The lowest BCUT2D eigenvalue weighted by atomic mass is 10.2. The summed E-state index contributed by atoms with van der Waals surface area (Å²) in [5, 5.41) is 11.6. The lowest BCUT2D eigenvalue weighted by molar-refractivity contribution is 0.0694. The molecule has 0 atom stereocenters. The number of halogens is 1. The van der Waals surface area contributed by atoms with Crippen molar-refractivity contribution in [3.63, 3.8) is 0 Å². The number of aromatic carboxylic acids is 1. The lowest BCUT2D eigenvalue weighted by Gasteiger charge is -2.18. The van der Waals surface area contributed by atoms with Gasteiger partial charge in [-0.15, -0.1) is 0 Å². The number of hydrogen-bond acceptors (Lipinski definition) is 5. The molecule has 1 aromatic carbocycles. The Labute approximate surface area is 154 Å². The van der Waals surface area contributed by atoms with Gasteiger partial charge in [0, 0.05) is 24.7 Å². The smallest absolute Gasteiger partial charge is 0.339 e. The molecule has 0 spiro atoms. The number of hydrogen-bond donors (Lipinski definition) is 2. The van der Waals surface area contributed by atoms with Crippen molar-refractivity contribution < 1.29 is 31.9 Å². The molecule has 1 aromatic heterocycles. The zero-order chi connectivity index (χ0) is 19.8. The zero-order valence-corrected chi connectivity index (χ0v) is 15.2. The molecule has 2 heterocycles. The van der Waals surface area contributed by atoms with Crippen molar-refractivity contribution in [3.05, 3.63) is 47.2 Å². The van der Waals surface area contributed by atoms with Crippen LogP contribution in [0.15, 0.2) is 28.7 Å². The van der Waals surface area contributed by atoms with Gasteiger partial charge in [-0.1, -0.05) is 6.92 Å². The van der Waals surface area contributed by atoms with Gasteiger partial charge < -0.3 is 14.8 Å². The van der Waals surface area contributed by atoms with Crippen molar-refractivity contribution in [2.75, 3.05) is 21.9 Å². The summed E-state index contributed by atoms with van der Waals surface area (Å²) in [5.74, 6) is -2.76. The van der Waals surface area contributed by atoms with Crippen LogP contribution in [0.1, 0.15) is 40.0 Å². The Kier molecular flexibility index (Phi) is 4.92. The quantitative estimate of drug-likeness (QED) is 0.802. The molecule has 0 aliphatic carbocycles. The second kappa shape index (κ2) is 7.03. The van der Waals surface area contributed by atoms with E-state index in [0.717, 1.165) is 16.4 Å². The second-order valence-corrected chi connectivity index (χ2v) is 7.98. The van der Waals surface area contributed by atoms with Crippen molar-refractivity contribution in [2.24, 2.45) is 0 Å². The van der Waals surface area contributed by atoms with Gasteiger partial charge >= 0.3 is 5.97 Å². The van der Waals surface area contributed by atoms with Gasteiger partial charge in [0.05, 0.1) is 11.4 Å². The predicted molar refractivity (Wildman–Crippen MR) is 95.1 cm³/mol. The molecule has 1 amide bonds. The van der Waals surface area contributed by atoms with E-state index >= 15 is 0 Å². The highest BCUT2D eigenvalue weighted by Crippen LogP contribution is 2.29. The van der Waals surface area contributed by atoms with Crippen LogP contribution in [0, 0.1) is 5.82 Å². The average molecular weight is 396 g/mol. The Morgan fingerprint density at radius 3 is 2.63 bits per heavy atom. The third-order valence-corrected chi connectivity index (χ3v) is 6.01. The number of amides is 1. The van der Waals surface area contributed by atoms with Crippen molar-refractivity contribution in [3.8, 4) is 0 Å². The maximum atomic E-state index is 14.1. The maximum Gasteiger partial charge on any atom is 0.339 e. The first-order valence-corrected chi connectivity index (χ1v) is 9.81. The van der Waals surface area contributed by atoms with Crippen LogP contribution in [0.3, 0.4) is 0 Å². The fourth-order valence-corrected chi connectivity index (χ4v) is 4.43. The van der Waals surface area contributed by atoms with Crippen LogP contribution < -0.4 is 9.62 Å². The highest BCUT2D eigenvalue weighted by atomic mass is 32.2. The minimum Gasteiger partial charge on any atom is -0.478 e. The summed E-state index contributed by atoms with van der Waals surface area (Å²) in [6, 6.07) is 4.67. The number of carboxylic acids is 1. The van der Waals surface area contributed by atoms with Crippen LogP contribution in [0.2, 0.25) is 0 Å². The topological polar surface area (TPSA) is 117 Å². The fraction of sp³-hybridized carbons (Fsp3) is 0.294. The standard InChI is InChI=1S/C17H17FN2O6S/c1-2-14-11(17(22)23)9-15(26-14)16(21)19-10-4-5-12(18)13(8-10)20-6-3-7-27(20,24)25/h4-5,8-9H,2-3,6-7H2,1H3,(H,19,21)(H,22,23). The molecule has 144 valence electrons. The van der Waals surface area contributed by atoms with Crippen molar-refractivity contribution in [1.82, 2.24) is 0 Å². The molecule has 1 fully saturated rings. The highest BCUT2D eigenvalue weighted by molar-refractivity contribution is 7.93. The van der Waals surface area contributed by atoms with E-state index < -0.39 is 27.7 Å². The molecule has 8 nitrogen and oxygen atoms in total. The number of aryl methyl sites for hydroxylation is 1. The minimum atomic E-state index is -3.58. The van der Waals surface area contributed by atoms with Crippen molar-refractivity contribution in [1.29, 1.82) is 0 Å². The molecule has 1 saturated heterocycles. The van der Waals surface area contributed by atoms with Gasteiger partial charge in [0.1, 0.15) is 17.1 Å². The van der Waals surface area contributed by atoms with Crippen LogP contribution in [0.25, 0.3) is 0 Å². The molecule has 10 heteroatoms. The van der Waals surface area contributed by atoms with Gasteiger partial charge in [-0.3, -0.25) is 9.10 Å². The summed E-state index contributed by atoms with van der Waals surface area (Å²) < 4.78 is 44.4. The Hall–Kier alpha value is -2.88. The number of rotatable bonds is 5. The summed E-state index contributed by atoms with van der Waals surface area (Å²) >= 11 is 0. The van der Waals surface area contributed by atoms with Crippen LogP contribution in [-0.4, -0.2) is 37.7 Å². The number of nitrogens with one attached hydrogen (secondary N) is 1. The number of carboxylic acid groups (broad SMARTS) is 1. The van der Waals surface area contributed by atoms with E-state index in [1.54, 1.807) is 6.92 Å². The molecule has 3 rings (SSSR count). The van der Waals surface area contributed by atoms with Crippen LogP contribution in [-0.2, 0) is 16.4 Å². The van der Waals surface area contributed by atoms with E-state index in [4.69, 9.17) is 9.52 Å². The number of anilines is 2. The first kappa shape index (κ1) is 18.9. The van der Waals surface area contributed by atoms with Gasteiger partial charge in [0.15, 0.2) is 5.76 Å². The Balaban J connectivity index is 1.87. The number of sulfonamides is 1. The van der Waals surface area contributed by atoms with Gasteiger partial charge in [-0.25, -0.2) is 17.6 Å². The summed E-state index contributed by atoms with van der Waals surface area (Å²) in [5.41, 5.74) is -0.0966. The molecule has 0 saturated carbocycles. The monoisotopic (exact) mass is 396 g/mol. The fourth-order valence-electron chi connectivity index (χ4n) is 2.87. The summed E-state index contributed by atoms with van der Waals surface area (Å²) in [6.07, 6.45) is 0.685. The van der Waals surface area contributed by atoms with Crippen molar-refractivity contribution in [2.45, 2.75) is 19.8 Å². The second-order valence-electron chi connectivity index (χ2n) is 5.97. The van der Waals surface area contributed by atoms with Gasteiger partial charge in [-0.05, 0) is 24.6 Å². The maximum absolute atomic E-state index is 14.1. The summed E-state index contributed by atoms with van der Waals surface area (Å²) in [7, 11) is -3.58. The normalized spacial score (nSPS) is 15.7. The third kappa shape index (κ3) is 3.65. The number of carbonyl (C=O) groups excluding carboxylic acids is 1. The molecule has 27 heavy (non-hydrogen) atoms. The van der Waals surface area contributed by atoms with Crippen LogP contribution >= 0.6 is 0 Å². The van der Waals surface area contributed by atoms with Crippen LogP contribution in [0.4, 0.5) is 15.8 Å². The highest BCUT2D eigenvalue weighted by Gasteiger charge is 2.30. The molecule has 2 aromatic rings. The predicted octanol–water partition coefficient (Wildman–Crippen LogP) is 2.47. The first-order valence-electron chi connectivity index (χ1n) is 8.20. The molecule has 0 unspecified atom stereocenters. The van der Waals surface area contributed by atoms with E-state index in [-0.39, 0.29) is 40.8 Å². The molecule has 1 aliphatic rings. The Morgan fingerprint density at radius 2 is 2.07 bits per heavy atom. The Morgan fingerprint density at radius 1 is 1.33 bits per heavy atom. The van der Waals surface area contributed by atoms with Crippen LogP contribution in [0.5, 0.6) is 0 Å². The number of benzene rings is 1. The molecule has 2 N–H and O–H groups in total. The largest absolute Gasteiger partial charge is 0.478 e. The SMILES string of the molecule is CCc1oc(C(=O)Nc2ccc(F)c(N3CCCS3(=O)=O)c2)cc1C(=O)O. The number of carbonyl (C=O) groups is 2. The molecular formula is C17H17FN2O6S. The molecule has 1 aliphatic heterocycles. The molecule has 0 bridgehead atoms. The zero-order valence-electron chi connectivity index (χ0n) is 14.4. The van der Waals surface area contributed by atoms with Gasteiger partial charge in [-0.2, -0.15) is 0 Å². The average Bonchev–Trinajstić information content (AvgIpc) is 3.19. The summed E-state index contributed by atoms with van der Waals surface area (Å²) in [6.45, 7) is 1.85. The van der Waals surface area contributed by atoms with E-state index in [2.05, 4.69) is 5.32 Å². The lowest BCUT2D eigenvalue weighted by Crippen LogP contribution is -2.26. The number of furan rings is 1. The minimum absolute atomic E-state index is 0.0623. The molecular weight excluding hydrogens is 379 g/mol. The Bertz CT molecular complexity index is 1010. The van der Waals surface area contributed by atoms with E-state index in [1.165, 1.54) is 12.1 Å².